The van der Waals surface area contributed by atoms with Crippen LogP contribution >= 0.6 is 0 Å². The quantitative estimate of drug-likeness (QED) is 0.899. The molecule has 2 aromatic rings. The first kappa shape index (κ1) is 13.7. The topological polar surface area (TPSA) is 38.0 Å². The van der Waals surface area contributed by atoms with Gasteiger partial charge in [-0.3, -0.25) is 4.68 Å². The van der Waals surface area contributed by atoms with E-state index in [0.717, 1.165) is 13.0 Å². The zero-order chi connectivity index (χ0) is 13.9. The minimum Gasteiger partial charge on any atom is -0.379 e. The monoisotopic (exact) mass is 262 g/mol. The lowest BCUT2D eigenvalue weighted by Crippen LogP contribution is -2.30. The molecule has 3 nitrogen and oxygen atoms in total. The van der Waals surface area contributed by atoms with Crippen molar-refractivity contribution in [2.45, 2.75) is 38.8 Å². The molecule has 0 aliphatic rings. The Bertz CT molecular complexity index is 553. The molecule has 0 aliphatic carbocycles. The maximum Gasteiger partial charge on any atom is 0.131 e. The van der Waals surface area contributed by atoms with Crippen molar-refractivity contribution >= 4 is 0 Å². The number of aromatic nitrogens is 2. The van der Waals surface area contributed by atoms with Crippen LogP contribution in [0.5, 0.6) is 0 Å². The average molecular weight is 262 g/mol. The van der Waals surface area contributed by atoms with Gasteiger partial charge >= 0.3 is 0 Å². The van der Waals surface area contributed by atoms with Gasteiger partial charge in [0.25, 0.3) is 0 Å². The number of benzene rings is 1. The summed E-state index contributed by atoms with van der Waals surface area (Å²) in [7, 11) is 0. The second kappa shape index (κ2) is 5.53. The fourth-order valence-electron chi connectivity index (χ4n) is 2.35. The van der Waals surface area contributed by atoms with Crippen molar-refractivity contribution in [1.82, 2.24) is 9.78 Å². The fraction of sp³-hybridized carbons (Fsp3) is 0.400. The van der Waals surface area contributed by atoms with E-state index in [1.165, 1.54) is 12.1 Å². The summed E-state index contributed by atoms with van der Waals surface area (Å²) in [6.45, 7) is 4.67. The average Bonchev–Trinajstić information content (AvgIpc) is 2.87. The Hall–Kier alpha value is -1.68. The lowest BCUT2D eigenvalue weighted by molar-refractivity contribution is 0.0660. The van der Waals surface area contributed by atoms with Gasteiger partial charge < -0.3 is 5.11 Å². The fourth-order valence-corrected chi connectivity index (χ4v) is 2.35. The number of aryl methyl sites for hydroxylation is 1. The molecule has 1 aromatic carbocycles. The summed E-state index contributed by atoms with van der Waals surface area (Å²) < 4.78 is 15.2. The van der Waals surface area contributed by atoms with Crippen molar-refractivity contribution in [2.24, 2.45) is 0 Å². The Morgan fingerprint density at radius 3 is 2.74 bits per heavy atom. The number of halogens is 1. The largest absolute Gasteiger partial charge is 0.379 e. The number of hydrogen-bond acceptors (Lipinski definition) is 2. The molecule has 0 radical (unpaired) electrons. The summed E-state index contributed by atoms with van der Waals surface area (Å²) in [5.41, 5.74) is 0.0728. The summed E-state index contributed by atoms with van der Waals surface area (Å²) in [5, 5.41) is 15.2. The summed E-state index contributed by atoms with van der Waals surface area (Å²) in [5.74, 6) is -0.342. The molecule has 0 amide bonds. The van der Waals surface area contributed by atoms with Crippen molar-refractivity contribution in [1.29, 1.82) is 0 Å². The second-order valence-electron chi connectivity index (χ2n) is 4.66. The van der Waals surface area contributed by atoms with Crippen molar-refractivity contribution in [3.63, 3.8) is 0 Å². The Balaban J connectivity index is 2.50. The molecule has 1 heterocycles. The summed E-state index contributed by atoms with van der Waals surface area (Å²) in [6, 6.07) is 7.92. The van der Waals surface area contributed by atoms with E-state index in [9.17, 15) is 9.50 Å². The molecular formula is C15H19FN2O. The van der Waals surface area contributed by atoms with Crippen LogP contribution in [0.2, 0.25) is 0 Å². The molecule has 1 N–H and O–H groups in total. The van der Waals surface area contributed by atoms with Crippen LogP contribution in [0, 0.1) is 5.82 Å². The first-order valence-corrected chi connectivity index (χ1v) is 6.62. The van der Waals surface area contributed by atoms with Gasteiger partial charge in [0.15, 0.2) is 0 Å². The molecule has 19 heavy (non-hydrogen) atoms. The molecule has 102 valence electrons. The van der Waals surface area contributed by atoms with Gasteiger partial charge in [-0.05, 0) is 36.6 Å². The van der Waals surface area contributed by atoms with E-state index in [1.807, 2.05) is 6.92 Å². The highest BCUT2D eigenvalue weighted by atomic mass is 19.1. The van der Waals surface area contributed by atoms with Crippen molar-refractivity contribution in [2.75, 3.05) is 0 Å². The number of nitrogens with zero attached hydrogens (tertiary/aromatic N) is 2. The highest BCUT2D eigenvalue weighted by Crippen LogP contribution is 2.33. The van der Waals surface area contributed by atoms with Crippen LogP contribution in [0.25, 0.3) is 0 Å². The van der Waals surface area contributed by atoms with Gasteiger partial charge in [-0.1, -0.05) is 26.0 Å². The summed E-state index contributed by atoms with van der Waals surface area (Å²) in [4.78, 5) is 0. The Labute approximate surface area is 112 Å². The molecular weight excluding hydrogens is 243 g/mol. The van der Waals surface area contributed by atoms with Crippen LogP contribution in [0.15, 0.2) is 36.5 Å². The van der Waals surface area contributed by atoms with Crippen molar-refractivity contribution in [3.8, 4) is 0 Å². The van der Waals surface area contributed by atoms with Gasteiger partial charge in [0, 0.05) is 12.7 Å². The van der Waals surface area contributed by atoms with Crippen LogP contribution < -0.4 is 0 Å². The molecule has 2 rings (SSSR count). The van der Waals surface area contributed by atoms with E-state index in [0.29, 0.717) is 17.7 Å². The Kier molecular flexibility index (Phi) is 4.00. The SMILES string of the molecule is CCCn1nccc1C(O)(CC)c1cccc(F)c1. The third-order valence-corrected chi connectivity index (χ3v) is 3.39. The van der Waals surface area contributed by atoms with E-state index >= 15 is 0 Å². The smallest absolute Gasteiger partial charge is 0.131 e. The molecule has 1 aromatic heterocycles. The van der Waals surface area contributed by atoms with Crippen LogP contribution in [-0.4, -0.2) is 14.9 Å². The number of rotatable bonds is 5. The van der Waals surface area contributed by atoms with Gasteiger partial charge in [0.1, 0.15) is 11.4 Å². The third kappa shape index (κ3) is 2.54. The maximum atomic E-state index is 13.4. The lowest BCUT2D eigenvalue weighted by atomic mass is 9.87. The molecule has 1 unspecified atom stereocenters. The maximum absolute atomic E-state index is 13.4. The minimum atomic E-state index is -1.20. The standard InChI is InChI=1S/C15H19FN2O/c1-3-10-18-14(8-9-17-18)15(19,4-2)12-6-5-7-13(16)11-12/h5-9,11,19H,3-4,10H2,1-2H3. The highest BCUT2D eigenvalue weighted by Gasteiger charge is 2.33. The predicted molar refractivity (Wildman–Crippen MR) is 72.2 cm³/mol. The Morgan fingerprint density at radius 1 is 1.32 bits per heavy atom. The molecule has 0 aliphatic heterocycles. The van der Waals surface area contributed by atoms with Gasteiger partial charge in [-0.15, -0.1) is 0 Å². The van der Waals surface area contributed by atoms with E-state index in [4.69, 9.17) is 0 Å². The van der Waals surface area contributed by atoms with E-state index in [1.54, 1.807) is 29.1 Å². The summed E-state index contributed by atoms with van der Waals surface area (Å²) >= 11 is 0. The molecule has 4 heteroatoms. The van der Waals surface area contributed by atoms with Crippen molar-refractivity contribution < 1.29 is 9.50 Å². The molecule has 0 fully saturated rings. The van der Waals surface area contributed by atoms with E-state index in [-0.39, 0.29) is 5.82 Å². The van der Waals surface area contributed by atoms with Crippen LogP contribution in [0.3, 0.4) is 0 Å². The van der Waals surface area contributed by atoms with Gasteiger partial charge in [0.05, 0.1) is 5.69 Å². The first-order valence-electron chi connectivity index (χ1n) is 6.62. The molecule has 0 saturated heterocycles. The van der Waals surface area contributed by atoms with Gasteiger partial charge in [-0.2, -0.15) is 5.10 Å². The predicted octanol–water partition coefficient (Wildman–Crippen LogP) is 3.08. The number of hydrogen-bond donors (Lipinski definition) is 1. The molecule has 0 bridgehead atoms. The zero-order valence-electron chi connectivity index (χ0n) is 11.3. The first-order chi connectivity index (χ1) is 9.11. The highest BCUT2D eigenvalue weighted by molar-refractivity contribution is 5.32. The van der Waals surface area contributed by atoms with Gasteiger partial charge in [-0.25, -0.2) is 4.39 Å². The van der Waals surface area contributed by atoms with E-state index in [2.05, 4.69) is 12.0 Å². The van der Waals surface area contributed by atoms with Crippen LogP contribution in [0.1, 0.15) is 37.9 Å². The molecule has 1 atom stereocenters. The van der Waals surface area contributed by atoms with E-state index < -0.39 is 5.60 Å². The minimum absolute atomic E-state index is 0.342. The molecule has 0 saturated carbocycles. The van der Waals surface area contributed by atoms with Gasteiger partial charge in [0.2, 0.25) is 0 Å². The normalized spacial score (nSPS) is 14.3. The third-order valence-electron chi connectivity index (χ3n) is 3.39. The Morgan fingerprint density at radius 2 is 2.11 bits per heavy atom. The lowest BCUT2D eigenvalue weighted by Gasteiger charge is -2.28. The number of aliphatic hydroxyl groups is 1. The second-order valence-corrected chi connectivity index (χ2v) is 4.66. The summed E-state index contributed by atoms with van der Waals surface area (Å²) in [6.07, 6.45) is 3.06. The van der Waals surface area contributed by atoms with Crippen LogP contribution in [0.4, 0.5) is 4.39 Å². The zero-order valence-corrected chi connectivity index (χ0v) is 11.3. The van der Waals surface area contributed by atoms with Crippen molar-refractivity contribution in [3.05, 3.63) is 53.6 Å². The molecule has 0 spiro atoms. The van der Waals surface area contributed by atoms with Crippen LogP contribution in [-0.2, 0) is 12.1 Å².